The maximum absolute atomic E-state index is 12.9. The molecule has 10 heteroatoms. The number of methoxy groups -OCH3 is 1. The van der Waals surface area contributed by atoms with E-state index in [0.717, 1.165) is 16.8 Å². The standard InChI is InChI=1S/C21H24N6O3S/c1-12-7-6-8-18(13(12)2)27-21(24-25-26-27)31-14(3)20(29)23-17-11-16(22-15(4)28)9-10-19(17)30-5/h6-11,14H,1-5H3,(H,22,28)(H,23,29)/t14-/m1/s1. The molecule has 0 spiro atoms. The lowest BCUT2D eigenvalue weighted by molar-refractivity contribution is -0.115. The van der Waals surface area contributed by atoms with Crippen LogP contribution in [0.4, 0.5) is 11.4 Å². The first-order valence-corrected chi connectivity index (χ1v) is 10.5. The van der Waals surface area contributed by atoms with Crippen molar-refractivity contribution in [2.45, 2.75) is 38.1 Å². The van der Waals surface area contributed by atoms with Gasteiger partial charge in [-0.2, -0.15) is 4.68 Å². The molecule has 0 aliphatic heterocycles. The fraction of sp³-hybridized carbons (Fsp3) is 0.286. The third-order valence-electron chi connectivity index (χ3n) is 4.67. The van der Waals surface area contributed by atoms with E-state index >= 15 is 0 Å². The van der Waals surface area contributed by atoms with Gasteiger partial charge in [0.15, 0.2) is 0 Å². The number of amides is 2. The van der Waals surface area contributed by atoms with E-state index < -0.39 is 5.25 Å². The topological polar surface area (TPSA) is 111 Å². The van der Waals surface area contributed by atoms with Crippen molar-refractivity contribution in [3.63, 3.8) is 0 Å². The third kappa shape index (κ3) is 5.21. The van der Waals surface area contributed by atoms with Crippen molar-refractivity contribution < 1.29 is 14.3 Å². The first-order chi connectivity index (χ1) is 14.8. The van der Waals surface area contributed by atoms with Gasteiger partial charge in [0, 0.05) is 12.6 Å². The molecule has 162 valence electrons. The molecule has 0 fully saturated rings. The van der Waals surface area contributed by atoms with E-state index in [1.54, 1.807) is 29.8 Å². The molecule has 2 aromatic carbocycles. The van der Waals surface area contributed by atoms with Gasteiger partial charge < -0.3 is 15.4 Å². The largest absolute Gasteiger partial charge is 0.495 e. The summed E-state index contributed by atoms with van der Waals surface area (Å²) in [7, 11) is 1.51. The van der Waals surface area contributed by atoms with Gasteiger partial charge in [0.2, 0.25) is 17.0 Å². The predicted octanol–water partition coefficient (Wildman–Crippen LogP) is 3.37. The van der Waals surface area contributed by atoms with E-state index in [9.17, 15) is 9.59 Å². The Morgan fingerprint density at radius 3 is 2.65 bits per heavy atom. The van der Waals surface area contributed by atoms with Crippen molar-refractivity contribution in [1.29, 1.82) is 0 Å². The van der Waals surface area contributed by atoms with Crippen LogP contribution in [0.3, 0.4) is 0 Å². The van der Waals surface area contributed by atoms with Crippen LogP contribution >= 0.6 is 11.8 Å². The zero-order valence-electron chi connectivity index (χ0n) is 18.0. The highest BCUT2D eigenvalue weighted by Gasteiger charge is 2.21. The molecule has 0 radical (unpaired) electrons. The average Bonchev–Trinajstić information content (AvgIpc) is 3.17. The zero-order valence-corrected chi connectivity index (χ0v) is 18.8. The van der Waals surface area contributed by atoms with E-state index in [1.165, 1.54) is 25.8 Å². The maximum atomic E-state index is 12.9. The molecular weight excluding hydrogens is 416 g/mol. The van der Waals surface area contributed by atoms with Crippen molar-refractivity contribution in [2.24, 2.45) is 0 Å². The van der Waals surface area contributed by atoms with Crippen molar-refractivity contribution in [3.8, 4) is 11.4 Å². The van der Waals surface area contributed by atoms with Gasteiger partial charge in [-0.1, -0.05) is 23.9 Å². The number of aromatic nitrogens is 4. The zero-order chi connectivity index (χ0) is 22.5. The number of hydrogen-bond acceptors (Lipinski definition) is 7. The van der Waals surface area contributed by atoms with Gasteiger partial charge in [-0.25, -0.2) is 0 Å². The van der Waals surface area contributed by atoms with E-state index in [-0.39, 0.29) is 11.8 Å². The second-order valence-corrected chi connectivity index (χ2v) is 8.25. The Balaban J connectivity index is 1.78. The molecular formula is C21H24N6O3S. The summed E-state index contributed by atoms with van der Waals surface area (Å²) in [6, 6.07) is 10.9. The number of thioether (sulfide) groups is 1. The molecule has 0 saturated heterocycles. The van der Waals surface area contributed by atoms with Crippen LogP contribution in [0.1, 0.15) is 25.0 Å². The number of aryl methyl sites for hydroxylation is 1. The highest BCUT2D eigenvalue weighted by molar-refractivity contribution is 8.00. The van der Waals surface area contributed by atoms with E-state index in [1.807, 2.05) is 32.0 Å². The summed E-state index contributed by atoms with van der Waals surface area (Å²) in [5.41, 5.74) is 4.07. The van der Waals surface area contributed by atoms with Crippen molar-refractivity contribution in [1.82, 2.24) is 20.2 Å². The molecule has 0 aliphatic carbocycles. The van der Waals surface area contributed by atoms with Gasteiger partial charge in [-0.15, -0.1) is 5.10 Å². The van der Waals surface area contributed by atoms with Gasteiger partial charge in [-0.05, 0) is 66.6 Å². The number of tetrazole rings is 1. The number of anilines is 2. The second kappa shape index (κ2) is 9.61. The fourth-order valence-corrected chi connectivity index (χ4v) is 3.70. The molecule has 31 heavy (non-hydrogen) atoms. The molecule has 2 amide bonds. The summed E-state index contributed by atoms with van der Waals surface area (Å²) < 4.78 is 6.96. The van der Waals surface area contributed by atoms with Crippen LogP contribution in [0.25, 0.3) is 5.69 Å². The normalized spacial score (nSPS) is 11.6. The molecule has 0 bridgehead atoms. The molecule has 9 nitrogen and oxygen atoms in total. The van der Waals surface area contributed by atoms with Gasteiger partial charge in [0.25, 0.3) is 0 Å². The number of rotatable bonds is 7. The molecule has 0 aliphatic rings. The summed E-state index contributed by atoms with van der Waals surface area (Å²) in [6.07, 6.45) is 0. The monoisotopic (exact) mass is 440 g/mol. The van der Waals surface area contributed by atoms with Crippen LogP contribution in [-0.4, -0.2) is 44.4 Å². The number of carbonyl (C=O) groups is 2. The minimum atomic E-state index is -0.496. The summed E-state index contributed by atoms with van der Waals surface area (Å²) in [5.74, 6) is 0.0308. The molecule has 1 heterocycles. The first kappa shape index (κ1) is 22.3. The first-order valence-electron chi connectivity index (χ1n) is 9.58. The highest BCUT2D eigenvalue weighted by atomic mass is 32.2. The second-order valence-electron chi connectivity index (χ2n) is 6.94. The Labute approximate surface area is 184 Å². The van der Waals surface area contributed by atoms with Gasteiger partial charge in [-0.3, -0.25) is 9.59 Å². The molecule has 3 rings (SSSR count). The predicted molar refractivity (Wildman–Crippen MR) is 120 cm³/mol. The summed E-state index contributed by atoms with van der Waals surface area (Å²) in [4.78, 5) is 24.2. The third-order valence-corrected chi connectivity index (χ3v) is 5.71. The Kier molecular flexibility index (Phi) is 6.91. The number of carbonyl (C=O) groups excluding carboxylic acids is 2. The van der Waals surface area contributed by atoms with Crippen LogP contribution in [0.15, 0.2) is 41.6 Å². The minimum absolute atomic E-state index is 0.204. The minimum Gasteiger partial charge on any atom is -0.495 e. The molecule has 0 saturated carbocycles. The Morgan fingerprint density at radius 1 is 1.16 bits per heavy atom. The smallest absolute Gasteiger partial charge is 0.237 e. The lowest BCUT2D eigenvalue weighted by Crippen LogP contribution is -2.23. The Bertz CT molecular complexity index is 1110. The number of nitrogens with zero attached hydrogens (tertiary/aromatic N) is 4. The molecule has 3 aromatic rings. The van der Waals surface area contributed by atoms with Gasteiger partial charge in [0.1, 0.15) is 5.75 Å². The van der Waals surface area contributed by atoms with Crippen LogP contribution in [-0.2, 0) is 9.59 Å². The lowest BCUT2D eigenvalue weighted by Gasteiger charge is -2.15. The van der Waals surface area contributed by atoms with Crippen molar-refractivity contribution >= 4 is 35.0 Å². The van der Waals surface area contributed by atoms with Crippen LogP contribution in [0.5, 0.6) is 5.75 Å². The lowest BCUT2D eigenvalue weighted by atomic mass is 10.1. The highest BCUT2D eigenvalue weighted by Crippen LogP contribution is 2.30. The van der Waals surface area contributed by atoms with Gasteiger partial charge in [0.05, 0.1) is 23.7 Å². The number of benzene rings is 2. The molecule has 1 atom stereocenters. The van der Waals surface area contributed by atoms with Gasteiger partial charge >= 0.3 is 0 Å². The quantitative estimate of drug-likeness (QED) is 0.542. The van der Waals surface area contributed by atoms with E-state index in [0.29, 0.717) is 22.3 Å². The summed E-state index contributed by atoms with van der Waals surface area (Å²) >= 11 is 1.25. The average molecular weight is 441 g/mol. The van der Waals surface area contributed by atoms with Crippen LogP contribution < -0.4 is 15.4 Å². The Morgan fingerprint density at radius 2 is 1.94 bits per heavy atom. The van der Waals surface area contributed by atoms with Crippen molar-refractivity contribution in [2.75, 3.05) is 17.7 Å². The molecule has 2 N–H and O–H groups in total. The summed E-state index contributed by atoms with van der Waals surface area (Å²) in [6.45, 7) is 7.22. The molecule has 0 unspecified atom stereocenters. The number of hydrogen-bond donors (Lipinski definition) is 2. The van der Waals surface area contributed by atoms with Crippen molar-refractivity contribution in [3.05, 3.63) is 47.5 Å². The summed E-state index contributed by atoms with van der Waals surface area (Å²) in [5, 5.41) is 17.5. The number of nitrogens with one attached hydrogen (secondary N) is 2. The van der Waals surface area contributed by atoms with Crippen LogP contribution in [0, 0.1) is 13.8 Å². The van der Waals surface area contributed by atoms with Crippen LogP contribution in [0.2, 0.25) is 0 Å². The number of ether oxygens (including phenoxy) is 1. The maximum Gasteiger partial charge on any atom is 0.237 e. The van der Waals surface area contributed by atoms with E-state index in [2.05, 4.69) is 26.2 Å². The van der Waals surface area contributed by atoms with E-state index in [4.69, 9.17) is 4.74 Å². The molecule has 1 aromatic heterocycles. The SMILES string of the molecule is COc1ccc(NC(C)=O)cc1NC(=O)[C@@H](C)Sc1nnnn1-c1cccc(C)c1C. The Hall–Kier alpha value is -3.40. The fourth-order valence-electron chi connectivity index (χ4n) is 2.90.